The summed E-state index contributed by atoms with van der Waals surface area (Å²) in [4.78, 5) is 1.23. The lowest BCUT2D eigenvalue weighted by Crippen LogP contribution is -2.68. The second kappa shape index (κ2) is 7.34. The fourth-order valence-corrected chi connectivity index (χ4v) is 3.64. The highest BCUT2D eigenvalue weighted by Crippen LogP contribution is 2.33. The van der Waals surface area contributed by atoms with Crippen LogP contribution in [0.3, 0.4) is 0 Å². The van der Waals surface area contributed by atoms with Crippen LogP contribution in [0.15, 0.2) is 30.5 Å². The molecule has 0 aliphatic heterocycles. The van der Waals surface area contributed by atoms with Crippen LogP contribution < -0.4 is 22.6 Å². The molecule has 24 heavy (non-hydrogen) atoms. The van der Waals surface area contributed by atoms with Crippen LogP contribution in [0, 0.1) is 10.2 Å². The third kappa shape index (κ3) is 5.40. The Morgan fingerprint density at radius 1 is 1.00 bits per heavy atom. The van der Waals surface area contributed by atoms with Gasteiger partial charge in [0, 0.05) is 11.6 Å². The van der Waals surface area contributed by atoms with Crippen molar-refractivity contribution in [2.45, 2.75) is 31.9 Å². The monoisotopic (exact) mass is 383 g/mol. The van der Waals surface area contributed by atoms with E-state index in [0.29, 0.717) is 0 Å². The van der Waals surface area contributed by atoms with Gasteiger partial charge in [-0.15, -0.1) is 14.2 Å². The van der Waals surface area contributed by atoms with Gasteiger partial charge >= 0.3 is 6.18 Å². The average molecular weight is 384 g/mol. The van der Waals surface area contributed by atoms with E-state index in [1.54, 1.807) is 10.0 Å². The van der Waals surface area contributed by atoms with Crippen molar-refractivity contribution in [3.63, 3.8) is 0 Å². The predicted molar refractivity (Wildman–Crippen MR) is 67.5 cm³/mol. The lowest BCUT2D eigenvalue weighted by Gasteiger charge is -2.17. The lowest BCUT2D eigenvalue weighted by molar-refractivity contribution is -2.00. The molecule has 5 nitrogen and oxygen atoms in total. The standard InChI is InChI=1S/C14H13F3NS.ClHO4/c15-14(16,17)11-6-2-3-7-12(11)18-9-10-5-1-4-8-13(10)19-18;2-1(3,4)5/h2-3,6-7,9H,1,4-5,8H2;(H,2,3,4,5)/q+1;/p-1. The molecule has 1 heterocycles. The van der Waals surface area contributed by atoms with E-state index in [9.17, 15) is 13.2 Å². The van der Waals surface area contributed by atoms with Crippen LogP contribution in [-0.4, -0.2) is 0 Å². The quantitative estimate of drug-likeness (QED) is 0.600. The molecule has 0 saturated heterocycles. The number of benzene rings is 1. The van der Waals surface area contributed by atoms with Gasteiger partial charge in [0.25, 0.3) is 0 Å². The third-order valence-electron chi connectivity index (χ3n) is 3.39. The number of aryl methyl sites for hydroxylation is 2. The van der Waals surface area contributed by atoms with Crippen molar-refractivity contribution >= 4 is 11.5 Å². The van der Waals surface area contributed by atoms with E-state index < -0.39 is 22.0 Å². The molecule has 1 aliphatic rings. The van der Waals surface area contributed by atoms with Crippen LogP contribution in [0.4, 0.5) is 13.2 Å². The number of para-hydroxylation sites is 1. The minimum Gasteiger partial charge on any atom is -0.222 e. The zero-order valence-electron chi connectivity index (χ0n) is 12.2. The summed E-state index contributed by atoms with van der Waals surface area (Å²) in [7, 11) is -4.94. The molecule has 0 unspecified atom stereocenters. The maximum atomic E-state index is 13.0. The second-order valence-corrected chi connectivity index (χ2v) is 6.92. The summed E-state index contributed by atoms with van der Waals surface area (Å²) in [5, 5.41) is 0. The van der Waals surface area contributed by atoms with Crippen molar-refractivity contribution in [3.8, 4) is 5.69 Å². The first-order valence-electron chi connectivity index (χ1n) is 6.88. The molecule has 0 spiro atoms. The van der Waals surface area contributed by atoms with Crippen molar-refractivity contribution in [1.82, 2.24) is 0 Å². The molecule has 0 radical (unpaired) electrons. The number of alkyl halides is 3. The van der Waals surface area contributed by atoms with Crippen molar-refractivity contribution in [3.05, 3.63) is 46.5 Å². The number of fused-ring (bicyclic) bond motifs is 1. The molecular formula is C14H13ClF3NO4S. The molecule has 132 valence electrons. The zero-order valence-corrected chi connectivity index (χ0v) is 13.8. The Morgan fingerprint density at radius 3 is 2.17 bits per heavy atom. The minimum atomic E-state index is -4.94. The Balaban J connectivity index is 0.000000368. The van der Waals surface area contributed by atoms with Crippen LogP contribution in [0.5, 0.6) is 0 Å². The summed E-state index contributed by atoms with van der Waals surface area (Å²) >= 11 is 1.44. The van der Waals surface area contributed by atoms with E-state index in [4.69, 9.17) is 18.6 Å². The van der Waals surface area contributed by atoms with Crippen molar-refractivity contribution < 1.29 is 46.0 Å². The maximum absolute atomic E-state index is 13.0. The van der Waals surface area contributed by atoms with Crippen LogP contribution >= 0.6 is 11.5 Å². The highest BCUT2D eigenvalue weighted by Gasteiger charge is 2.37. The summed E-state index contributed by atoms with van der Waals surface area (Å²) in [5.41, 5.74) is 0.862. The number of halogens is 4. The molecule has 10 heteroatoms. The minimum absolute atomic E-state index is 0.231. The molecule has 0 amide bonds. The summed E-state index contributed by atoms with van der Waals surface area (Å²) < 4.78 is 74.7. The molecule has 1 aromatic heterocycles. The van der Waals surface area contributed by atoms with Gasteiger partial charge in [-0.1, -0.05) is 12.1 Å². The second-order valence-electron chi connectivity index (χ2n) is 5.09. The van der Waals surface area contributed by atoms with Gasteiger partial charge in [0.05, 0.1) is 4.88 Å². The Bertz CT molecular complexity index is 671. The normalized spacial score (nSPS) is 14.6. The molecule has 0 atom stereocenters. The van der Waals surface area contributed by atoms with Gasteiger partial charge in [-0.05, 0) is 31.7 Å². The Labute approximate surface area is 142 Å². The number of rotatable bonds is 1. The first-order valence-corrected chi connectivity index (χ1v) is 8.88. The number of hydrogen-bond acceptors (Lipinski definition) is 5. The Kier molecular flexibility index (Phi) is 5.84. The lowest BCUT2D eigenvalue weighted by atomic mass is 10.0. The fourth-order valence-electron chi connectivity index (χ4n) is 2.45. The van der Waals surface area contributed by atoms with E-state index in [-0.39, 0.29) is 5.69 Å². The van der Waals surface area contributed by atoms with Gasteiger partial charge < -0.3 is 0 Å². The van der Waals surface area contributed by atoms with E-state index in [1.165, 1.54) is 34.1 Å². The first kappa shape index (κ1) is 19.1. The van der Waals surface area contributed by atoms with E-state index >= 15 is 0 Å². The molecule has 1 aliphatic carbocycles. The molecule has 2 aromatic rings. The summed E-state index contributed by atoms with van der Waals surface area (Å²) in [6, 6.07) is 5.75. The van der Waals surface area contributed by atoms with Gasteiger partial charge in [0.1, 0.15) is 17.1 Å². The van der Waals surface area contributed by atoms with Crippen molar-refractivity contribution in [2.75, 3.05) is 0 Å². The predicted octanol–water partition coefficient (Wildman–Crippen LogP) is -0.834. The third-order valence-corrected chi connectivity index (χ3v) is 4.57. The maximum Gasteiger partial charge on any atom is 0.422 e. The number of hydrogen-bond donors (Lipinski definition) is 0. The van der Waals surface area contributed by atoms with E-state index in [0.717, 1.165) is 31.7 Å². The van der Waals surface area contributed by atoms with Gasteiger partial charge in [-0.25, -0.2) is 18.6 Å². The topological polar surface area (TPSA) is 96.1 Å². The molecule has 0 fully saturated rings. The molecular weight excluding hydrogens is 371 g/mol. The Hall–Kier alpha value is -1.23. The summed E-state index contributed by atoms with van der Waals surface area (Å²) in [6.07, 6.45) is 1.78. The Morgan fingerprint density at radius 2 is 1.58 bits per heavy atom. The highest BCUT2D eigenvalue weighted by molar-refractivity contribution is 7.02. The van der Waals surface area contributed by atoms with Gasteiger partial charge in [0.15, 0.2) is 6.20 Å². The molecule has 0 saturated carbocycles. The van der Waals surface area contributed by atoms with E-state index in [1.807, 2.05) is 6.20 Å². The van der Waals surface area contributed by atoms with E-state index in [2.05, 4.69) is 0 Å². The van der Waals surface area contributed by atoms with Gasteiger partial charge in [0.2, 0.25) is 5.69 Å². The summed E-state index contributed by atoms with van der Waals surface area (Å²) in [6.45, 7) is 0. The SMILES string of the molecule is FC(F)(F)c1ccccc1-[n+]1cc2c(s1)CCCC2.[O-][Cl+3]([O-])([O-])[O-]. The number of nitrogens with zero attached hydrogens (tertiary/aromatic N) is 1. The van der Waals surface area contributed by atoms with Crippen molar-refractivity contribution in [1.29, 1.82) is 0 Å². The van der Waals surface area contributed by atoms with Crippen LogP contribution in [0.2, 0.25) is 0 Å². The fraction of sp³-hybridized carbons (Fsp3) is 0.357. The molecule has 1 aromatic carbocycles. The molecule has 0 N–H and O–H groups in total. The molecule has 0 bridgehead atoms. The first-order chi connectivity index (χ1) is 11.1. The smallest absolute Gasteiger partial charge is 0.222 e. The van der Waals surface area contributed by atoms with Crippen LogP contribution in [0.25, 0.3) is 5.69 Å². The average Bonchev–Trinajstić information content (AvgIpc) is 2.88. The van der Waals surface area contributed by atoms with Crippen LogP contribution in [0.1, 0.15) is 28.8 Å². The number of aromatic nitrogens is 1. The largest absolute Gasteiger partial charge is 0.422 e. The van der Waals surface area contributed by atoms with Crippen molar-refractivity contribution in [2.24, 2.45) is 0 Å². The molecule has 3 rings (SSSR count). The highest BCUT2D eigenvalue weighted by atomic mass is 35.7. The van der Waals surface area contributed by atoms with Crippen LogP contribution in [-0.2, 0) is 19.0 Å². The van der Waals surface area contributed by atoms with Gasteiger partial charge in [-0.2, -0.15) is 13.2 Å². The zero-order chi connectivity index (χ0) is 18.0. The van der Waals surface area contributed by atoms with Gasteiger partial charge in [-0.3, -0.25) is 0 Å². The summed E-state index contributed by atoms with van der Waals surface area (Å²) in [5.74, 6) is 0.